The molecule has 3 atom stereocenters. The molecule has 1 aliphatic carbocycles. The van der Waals surface area contributed by atoms with Crippen LogP contribution >= 0.6 is 11.6 Å². The molecule has 0 radical (unpaired) electrons. The van der Waals surface area contributed by atoms with Crippen molar-refractivity contribution in [3.8, 4) is 5.75 Å². The summed E-state index contributed by atoms with van der Waals surface area (Å²) in [5.74, 6) is 0.392. The van der Waals surface area contributed by atoms with Crippen LogP contribution in [0.25, 0.3) is 0 Å². The Hall–Kier alpha value is -2.34. The predicted molar refractivity (Wildman–Crippen MR) is 98.0 cm³/mol. The van der Waals surface area contributed by atoms with E-state index in [0.29, 0.717) is 22.3 Å². The molecule has 3 unspecified atom stereocenters. The molecule has 2 aliphatic rings. The Bertz CT molecular complexity index is 747. The molecule has 0 bridgehead atoms. The highest BCUT2D eigenvalue weighted by Crippen LogP contribution is 2.35. The van der Waals surface area contributed by atoms with Gasteiger partial charge in [0, 0.05) is 0 Å². The molecule has 3 rings (SSSR count). The quantitative estimate of drug-likeness (QED) is 0.632. The highest BCUT2D eigenvalue weighted by molar-refractivity contribution is 6.32. The van der Waals surface area contributed by atoms with Gasteiger partial charge in [0.15, 0.2) is 12.4 Å². The lowest BCUT2D eigenvalue weighted by Crippen LogP contribution is -2.39. The maximum atomic E-state index is 12.5. The van der Waals surface area contributed by atoms with Crippen molar-refractivity contribution in [2.45, 2.75) is 32.3 Å². The molecule has 6 nitrogen and oxygen atoms in total. The number of hydrogen-bond acceptors (Lipinski definition) is 5. The number of Topliss-reactive ketones (excluding diaryl/α,β-unsaturated/α-hetero) is 1. The van der Waals surface area contributed by atoms with Gasteiger partial charge in [-0.25, -0.2) is 5.43 Å². The van der Waals surface area contributed by atoms with Crippen LogP contribution in [0.1, 0.15) is 26.2 Å². The van der Waals surface area contributed by atoms with Crippen LogP contribution in [0, 0.1) is 11.8 Å². The average molecular weight is 377 g/mol. The standard InChI is InChI=1S/C19H21ClN2O4/c1-12-6-7-16-14(8-12)19(24)13(10-25-16)9-21-22-18(23)11-26-17-5-3-2-4-15(17)20/h2-5,9-10,12,14,16H,6-8,11H2,1H3,(H,22,23)/b21-9+. The van der Waals surface area contributed by atoms with Gasteiger partial charge < -0.3 is 9.47 Å². The van der Waals surface area contributed by atoms with E-state index in [1.54, 1.807) is 24.3 Å². The van der Waals surface area contributed by atoms with Gasteiger partial charge in [0.05, 0.1) is 29.0 Å². The van der Waals surface area contributed by atoms with E-state index < -0.39 is 5.91 Å². The summed E-state index contributed by atoms with van der Waals surface area (Å²) in [5, 5.41) is 4.26. The lowest BCUT2D eigenvalue weighted by molar-refractivity contribution is -0.127. The monoisotopic (exact) mass is 376 g/mol. The van der Waals surface area contributed by atoms with Crippen LogP contribution in [0.15, 0.2) is 41.2 Å². The molecular weight excluding hydrogens is 356 g/mol. The summed E-state index contributed by atoms with van der Waals surface area (Å²) in [6.45, 7) is 1.92. The van der Waals surface area contributed by atoms with Crippen molar-refractivity contribution in [1.29, 1.82) is 0 Å². The van der Waals surface area contributed by atoms with E-state index in [2.05, 4.69) is 17.5 Å². The number of benzene rings is 1. The van der Waals surface area contributed by atoms with E-state index in [1.165, 1.54) is 12.5 Å². The molecule has 1 aliphatic heterocycles. The fraction of sp³-hybridized carbons (Fsp3) is 0.421. The number of fused-ring (bicyclic) bond motifs is 1. The Kier molecular flexibility index (Phi) is 5.93. The van der Waals surface area contributed by atoms with Gasteiger partial charge in [0.1, 0.15) is 11.9 Å². The molecule has 26 heavy (non-hydrogen) atoms. The molecule has 1 saturated carbocycles. The third kappa shape index (κ3) is 4.43. The third-order valence-electron chi connectivity index (χ3n) is 4.63. The minimum Gasteiger partial charge on any atom is -0.496 e. The van der Waals surface area contributed by atoms with Crippen molar-refractivity contribution in [1.82, 2.24) is 5.43 Å². The Balaban J connectivity index is 1.50. The second kappa shape index (κ2) is 8.36. The second-order valence-corrected chi connectivity index (χ2v) is 7.06. The van der Waals surface area contributed by atoms with Crippen LogP contribution in [-0.2, 0) is 14.3 Å². The molecule has 1 amide bonds. The van der Waals surface area contributed by atoms with Crippen LogP contribution < -0.4 is 10.2 Å². The van der Waals surface area contributed by atoms with Gasteiger partial charge in [-0.2, -0.15) is 5.10 Å². The van der Waals surface area contributed by atoms with E-state index in [0.717, 1.165) is 19.3 Å². The molecule has 0 aromatic heterocycles. The van der Waals surface area contributed by atoms with E-state index in [4.69, 9.17) is 21.1 Å². The zero-order valence-electron chi connectivity index (χ0n) is 14.5. The number of nitrogens with one attached hydrogen (secondary N) is 1. The van der Waals surface area contributed by atoms with Crippen LogP contribution in [0.3, 0.4) is 0 Å². The Labute approximate surface area is 157 Å². The summed E-state index contributed by atoms with van der Waals surface area (Å²) >= 11 is 5.95. The topological polar surface area (TPSA) is 77.0 Å². The number of ketones is 1. The molecule has 1 aromatic carbocycles. The number of rotatable bonds is 5. The smallest absolute Gasteiger partial charge is 0.277 e. The summed E-state index contributed by atoms with van der Waals surface area (Å²) in [4.78, 5) is 24.3. The van der Waals surface area contributed by atoms with Crippen molar-refractivity contribution in [3.63, 3.8) is 0 Å². The molecule has 7 heteroatoms. The zero-order valence-corrected chi connectivity index (χ0v) is 15.2. The summed E-state index contributed by atoms with van der Waals surface area (Å²) in [5.41, 5.74) is 2.70. The van der Waals surface area contributed by atoms with Crippen LogP contribution in [-0.4, -0.2) is 30.6 Å². The number of allylic oxidation sites excluding steroid dienone is 1. The second-order valence-electron chi connectivity index (χ2n) is 6.65. The third-order valence-corrected chi connectivity index (χ3v) is 4.94. The fourth-order valence-corrected chi connectivity index (χ4v) is 3.42. The summed E-state index contributed by atoms with van der Waals surface area (Å²) in [6, 6.07) is 6.88. The molecule has 1 N–H and O–H groups in total. The number of hydrogen-bond donors (Lipinski definition) is 1. The average Bonchev–Trinajstić information content (AvgIpc) is 2.63. The molecular formula is C19H21ClN2O4. The predicted octanol–water partition coefficient (Wildman–Crippen LogP) is 3.11. The van der Waals surface area contributed by atoms with Gasteiger partial charge in [-0.05, 0) is 37.3 Å². The lowest BCUT2D eigenvalue weighted by Gasteiger charge is -2.35. The SMILES string of the molecule is CC1CCC2OC=C(/C=N/NC(=O)COc3ccccc3Cl)C(=O)C2C1. The van der Waals surface area contributed by atoms with Crippen molar-refractivity contribution in [2.24, 2.45) is 16.9 Å². The molecule has 0 saturated heterocycles. The Morgan fingerprint density at radius 1 is 1.42 bits per heavy atom. The maximum Gasteiger partial charge on any atom is 0.277 e. The molecule has 138 valence electrons. The molecule has 1 aromatic rings. The van der Waals surface area contributed by atoms with Crippen LogP contribution in [0.5, 0.6) is 5.75 Å². The first-order valence-corrected chi connectivity index (χ1v) is 9.01. The normalized spacial score (nSPS) is 25.2. The first-order chi connectivity index (χ1) is 12.5. The van der Waals surface area contributed by atoms with Crippen molar-refractivity contribution in [2.75, 3.05) is 6.61 Å². The van der Waals surface area contributed by atoms with Gasteiger partial charge in [0.2, 0.25) is 0 Å². The zero-order chi connectivity index (χ0) is 18.5. The maximum absolute atomic E-state index is 12.5. The number of carbonyl (C=O) groups is 2. The van der Waals surface area contributed by atoms with Crippen LogP contribution in [0.4, 0.5) is 0 Å². The number of amides is 1. The van der Waals surface area contributed by atoms with Gasteiger partial charge in [-0.3, -0.25) is 9.59 Å². The number of nitrogens with zero attached hydrogens (tertiary/aromatic N) is 1. The lowest BCUT2D eigenvalue weighted by atomic mass is 9.76. The number of halogens is 1. The Morgan fingerprint density at radius 2 is 2.23 bits per heavy atom. The summed E-state index contributed by atoms with van der Waals surface area (Å²) in [6.07, 6.45) is 5.53. The number of carbonyl (C=O) groups excluding carboxylic acids is 2. The minimum absolute atomic E-state index is 0.0260. The molecule has 0 spiro atoms. The van der Waals surface area contributed by atoms with Crippen LogP contribution in [0.2, 0.25) is 5.02 Å². The van der Waals surface area contributed by atoms with E-state index in [9.17, 15) is 9.59 Å². The fourth-order valence-electron chi connectivity index (χ4n) is 3.23. The van der Waals surface area contributed by atoms with Crippen molar-refractivity contribution < 1.29 is 19.1 Å². The van der Waals surface area contributed by atoms with E-state index in [1.807, 2.05) is 0 Å². The van der Waals surface area contributed by atoms with Crippen molar-refractivity contribution in [3.05, 3.63) is 41.1 Å². The van der Waals surface area contributed by atoms with E-state index in [-0.39, 0.29) is 24.4 Å². The number of ether oxygens (including phenoxy) is 2. The van der Waals surface area contributed by atoms with Gasteiger partial charge in [0.25, 0.3) is 5.91 Å². The molecule has 1 heterocycles. The largest absolute Gasteiger partial charge is 0.496 e. The van der Waals surface area contributed by atoms with Crippen molar-refractivity contribution >= 4 is 29.5 Å². The summed E-state index contributed by atoms with van der Waals surface area (Å²) in [7, 11) is 0. The first kappa shape index (κ1) is 18.5. The number of para-hydroxylation sites is 1. The van der Waals surface area contributed by atoms with Gasteiger partial charge >= 0.3 is 0 Å². The molecule has 1 fully saturated rings. The first-order valence-electron chi connectivity index (χ1n) is 8.63. The highest BCUT2D eigenvalue weighted by atomic mass is 35.5. The van der Waals surface area contributed by atoms with Gasteiger partial charge in [-0.1, -0.05) is 30.7 Å². The Morgan fingerprint density at radius 3 is 3.04 bits per heavy atom. The summed E-state index contributed by atoms with van der Waals surface area (Å²) < 4.78 is 11.0. The van der Waals surface area contributed by atoms with Gasteiger partial charge in [-0.15, -0.1) is 0 Å². The number of hydrazone groups is 1. The highest BCUT2D eigenvalue weighted by Gasteiger charge is 2.38. The minimum atomic E-state index is -0.449. The van der Waals surface area contributed by atoms with E-state index >= 15 is 0 Å².